The van der Waals surface area contributed by atoms with Gasteiger partial charge in [-0.3, -0.25) is 14.9 Å². The van der Waals surface area contributed by atoms with E-state index in [1.165, 1.54) is 18.2 Å². The second-order valence-corrected chi connectivity index (χ2v) is 7.60. The minimum Gasteiger partial charge on any atom is -0.454 e. The van der Waals surface area contributed by atoms with Crippen LogP contribution in [0.5, 0.6) is 0 Å². The van der Waals surface area contributed by atoms with Crippen molar-refractivity contribution in [3.8, 4) is 0 Å². The summed E-state index contributed by atoms with van der Waals surface area (Å²) in [5, 5.41) is 10.9. The number of esters is 1. The maximum atomic E-state index is 12.5. The molecule has 2 aromatic carbocycles. The van der Waals surface area contributed by atoms with E-state index < -0.39 is 23.3 Å². The second-order valence-electron chi connectivity index (χ2n) is 7.19. The average Bonchev–Trinajstić information content (AvgIpc) is 2.87. The van der Waals surface area contributed by atoms with Gasteiger partial charge in [0.2, 0.25) is 0 Å². The lowest BCUT2D eigenvalue weighted by molar-refractivity contribution is -0.384. The van der Waals surface area contributed by atoms with Gasteiger partial charge in [-0.15, -0.1) is 0 Å². The minimum absolute atomic E-state index is 0.0125. The predicted octanol–water partition coefficient (Wildman–Crippen LogP) is 4.29. The topological polar surface area (TPSA) is 89.8 Å². The number of ether oxygens (including phenoxy) is 1. The Balaban J connectivity index is 1.75. The van der Waals surface area contributed by atoms with E-state index in [0.717, 1.165) is 23.0 Å². The third-order valence-electron chi connectivity index (χ3n) is 4.96. The number of halogens is 1. The van der Waals surface area contributed by atoms with Crippen LogP contribution in [0.15, 0.2) is 54.2 Å². The number of rotatable bonds is 5. The van der Waals surface area contributed by atoms with Crippen molar-refractivity contribution >= 4 is 34.7 Å². The van der Waals surface area contributed by atoms with E-state index >= 15 is 0 Å². The molecule has 7 nitrogen and oxygen atoms in total. The number of ketones is 1. The molecular formula is C21H19ClN2O5. The number of carbonyl (C=O) groups excluding carboxylic acids is 2. The Morgan fingerprint density at radius 1 is 1.24 bits per heavy atom. The van der Waals surface area contributed by atoms with Gasteiger partial charge < -0.3 is 9.64 Å². The van der Waals surface area contributed by atoms with Crippen molar-refractivity contribution in [2.45, 2.75) is 19.3 Å². The van der Waals surface area contributed by atoms with E-state index in [1.807, 2.05) is 50.1 Å². The minimum atomic E-state index is -0.896. The SMILES string of the molecule is CN1C(=CC(=O)COC(=O)c2cc([N+](=O)[O-])ccc2Cl)C(C)(C)c2ccccc21. The van der Waals surface area contributed by atoms with Crippen molar-refractivity contribution in [2.24, 2.45) is 0 Å². The number of likely N-dealkylation sites (N-methyl/N-ethyl adjacent to an activating group) is 1. The summed E-state index contributed by atoms with van der Waals surface area (Å²) in [6.45, 7) is 3.54. The molecule has 1 aliphatic heterocycles. The van der Waals surface area contributed by atoms with E-state index in [1.54, 1.807) is 0 Å². The lowest BCUT2D eigenvalue weighted by Gasteiger charge is -2.23. The van der Waals surface area contributed by atoms with Crippen LogP contribution in [0, 0.1) is 10.1 Å². The van der Waals surface area contributed by atoms with Crippen LogP contribution < -0.4 is 4.90 Å². The van der Waals surface area contributed by atoms with Gasteiger partial charge in [0.15, 0.2) is 12.4 Å². The van der Waals surface area contributed by atoms with Crippen molar-refractivity contribution in [1.82, 2.24) is 0 Å². The summed E-state index contributed by atoms with van der Waals surface area (Å²) in [4.78, 5) is 36.9. The molecule has 3 rings (SSSR count). The molecule has 29 heavy (non-hydrogen) atoms. The van der Waals surface area contributed by atoms with Crippen molar-refractivity contribution < 1.29 is 19.2 Å². The molecule has 1 aliphatic rings. The number of nitro groups is 1. The molecule has 1 heterocycles. The van der Waals surface area contributed by atoms with Gasteiger partial charge in [0.1, 0.15) is 0 Å². The first-order valence-electron chi connectivity index (χ1n) is 8.82. The van der Waals surface area contributed by atoms with Crippen LogP contribution in [0.4, 0.5) is 11.4 Å². The molecule has 0 atom stereocenters. The quantitative estimate of drug-likeness (QED) is 0.314. The molecule has 0 radical (unpaired) electrons. The monoisotopic (exact) mass is 414 g/mol. The highest BCUT2D eigenvalue weighted by Crippen LogP contribution is 2.46. The lowest BCUT2D eigenvalue weighted by Crippen LogP contribution is -2.25. The zero-order valence-corrected chi connectivity index (χ0v) is 16.9. The van der Waals surface area contributed by atoms with E-state index in [-0.39, 0.29) is 21.7 Å². The Morgan fingerprint density at radius 3 is 2.59 bits per heavy atom. The standard InChI is InChI=1S/C21H19ClN2O5/c1-21(2)16-6-4-5-7-18(16)23(3)19(21)11-14(25)12-29-20(26)15-10-13(24(27)28)8-9-17(15)22/h4-11H,12H2,1-3H3. The summed E-state index contributed by atoms with van der Waals surface area (Å²) in [6, 6.07) is 11.3. The molecule has 0 amide bonds. The summed E-state index contributed by atoms with van der Waals surface area (Å²) >= 11 is 5.93. The normalized spacial score (nSPS) is 15.9. The molecule has 0 saturated carbocycles. The molecule has 8 heteroatoms. The van der Waals surface area contributed by atoms with E-state index in [2.05, 4.69) is 0 Å². The highest BCUT2D eigenvalue weighted by atomic mass is 35.5. The molecule has 2 aromatic rings. The van der Waals surface area contributed by atoms with Crippen LogP contribution in [-0.2, 0) is 14.9 Å². The first kappa shape index (κ1) is 20.5. The number of nitro benzene ring substituents is 1. The zero-order chi connectivity index (χ0) is 21.3. The van der Waals surface area contributed by atoms with Crippen molar-refractivity contribution in [3.05, 3.63) is 80.5 Å². The van der Waals surface area contributed by atoms with Crippen molar-refractivity contribution in [3.63, 3.8) is 0 Å². The molecule has 0 fully saturated rings. The van der Waals surface area contributed by atoms with Crippen LogP contribution in [-0.4, -0.2) is 30.3 Å². The Hall–Kier alpha value is -3.19. The van der Waals surface area contributed by atoms with Crippen LogP contribution in [0.1, 0.15) is 29.8 Å². The number of non-ortho nitro benzene ring substituents is 1. The molecule has 0 aliphatic carbocycles. The van der Waals surface area contributed by atoms with Crippen LogP contribution >= 0.6 is 11.6 Å². The van der Waals surface area contributed by atoms with Gasteiger partial charge >= 0.3 is 5.97 Å². The number of hydrogen-bond acceptors (Lipinski definition) is 6. The Morgan fingerprint density at radius 2 is 1.93 bits per heavy atom. The molecule has 0 unspecified atom stereocenters. The number of benzene rings is 2. The fraction of sp³-hybridized carbons (Fsp3) is 0.238. The molecule has 0 bridgehead atoms. The fourth-order valence-electron chi connectivity index (χ4n) is 3.45. The maximum absolute atomic E-state index is 12.5. The molecule has 0 N–H and O–H groups in total. The number of nitrogens with zero attached hydrogens (tertiary/aromatic N) is 2. The van der Waals surface area contributed by atoms with Gasteiger partial charge in [-0.25, -0.2) is 4.79 Å². The highest BCUT2D eigenvalue weighted by Gasteiger charge is 2.38. The van der Waals surface area contributed by atoms with E-state index in [9.17, 15) is 19.7 Å². The van der Waals surface area contributed by atoms with Gasteiger partial charge in [-0.05, 0) is 17.7 Å². The first-order chi connectivity index (χ1) is 13.6. The summed E-state index contributed by atoms with van der Waals surface area (Å²) in [7, 11) is 1.88. The van der Waals surface area contributed by atoms with Gasteiger partial charge in [0.05, 0.1) is 15.5 Å². The Labute approximate surface area is 172 Å². The molecule has 0 spiro atoms. The second kappa shape index (κ2) is 7.67. The molecular weight excluding hydrogens is 396 g/mol. The first-order valence-corrected chi connectivity index (χ1v) is 9.20. The largest absolute Gasteiger partial charge is 0.454 e. The third-order valence-corrected chi connectivity index (χ3v) is 5.29. The van der Waals surface area contributed by atoms with E-state index in [0.29, 0.717) is 0 Å². The van der Waals surface area contributed by atoms with Gasteiger partial charge in [-0.2, -0.15) is 0 Å². The molecule has 0 aromatic heterocycles. The lowest BCUT2D eigenvalue weighted by atomic mass is 9.83. The summed E-state index contributed by atoms with van der Waals surface area (Å²) in [5.74, 6) is -1.30. The molecule has 0 saturated heterocycles. The summed E-state index contributed by atoms with van der Waals surface area (Å²) in [6.07, 6.45) is 1.46. The Bertz CT molecular complexity index is 1050. The number of para-hydroxylation sites is 1. The average molecular weight is 415 g/mol. The van der Waals surface area contributed by atoms with Gasteiger partial charge in [0.25, 0.3) is 5.69 Å². The zero-order valence-electron chi connectivity index (χ0n) is 16.1. The smallest absolute Gasteiger partial charge is 0.340 e. The van der Waals surface area contributed by atoms with Gasteiger partial charge in [-0.1, -0.05) is 43.6 Å². The fourth-order valence-corrected chi connectivity index (χ4v) is 3.65. The van der Waals surface area contributed by atoms with Crippen LogP contribution in [0.25, 0.3) is 0 Å². The van der Waals surface area contributed by atoms with Gasteiger partial charge in [0, 0.05) is 42.1 Å². The van der Waals surface area contributed by atoms with Crippen LogP contribution in [0.3, 0.4) is 0 Å². The third kappa shape index (κ3) is 3.86. The predicted molar refractivity (Wildman–Crippen MR) is 109 cm³/mol. The maximum Gasteiger partial charge on any atom is 0.340 e. The highest BCUT2D eigenvalue weighted by molar-refractivity contribution is 6.33. The van der Waals surface area contributed by atoms with Crippen molar-refractivity contribution in [2.75, 3.05) is 18.6 Å². The summed E-state index contributed by atoms with van der Waals surface area (Å²) < 4.78 is 5.04. The number of anilines is 1. The number of allylic oxidation sites excluding steroid dienone is 1. The van der Waals surface area contributed by atoms with E-state index in [4.69, 9.17) is 16.3 Å². The Kier molecular flexibility index (Phi) is 5.44. The molecule has 150 valence electrons. The number of hydrogen-bond donors (Lipinski definition) is 0. The number of carbonyl (C=O) groups is 2. The van der Waals surface area contributed by atoms with Crippen molar-refractivity contribution in [1.29, 1.82) is 0 Å². The van der Waals surface area contributed by atoms with Crippen LogP contribution in [0.2, 0.25) is 5.02 Å². The number of fused-ring (bicyclic) bond motifs is 1. The summed E-state index contributed by atoms with van der Waals surface area (Å²) in [5.41, 5.74) is 2.06.